The summed E-state index contributed by atoms with van der Waals surface area (Å²) in [4.78, 5) is 12.6. The number of benzene rings is 3. The molecule has 0 heterocycles. The Morgan fingerprint density at radius 2 is 1.53 bits per heavy atom. The van der Waals surface area contributed by atoms with Crippen molar-refractivity contribution < 1.29 is 18.0 Å². The molecule has 3 aromatic rings. The molecule has 0 aliphatic rings. The summed E-state index contributed by atoms with van der Waals surface area (Å²) in [7, 11) is 0. The van der Waals surface area contributed by atoms with Crippen LogP contribution in [0.3, 0.4) is 0 Å². The van der Waals surface area contributed by atoms with Crippen molar-refractivity contribution in [2.24, 2.45) is 0 Å². The highest BCUT2D eigenvalue weighted by Crippen LogP contribution is 2.34. The molecule has 0 spiro atoms. The normalized spacial score (nSPS) is 12.3. The first kappa shape index (κ1) is 21.4. The van der Waals surface area contributed by atoms with Crippen molar-refractivity contribution in [1.82, 2.24) is 5.32 Å². The van der Waals surface area contributed by atoms with Crippen molar-refractivity contribution in [1.29, 1.82) is 0 Å². The fourth-order valence-electron chi connectivity index (χ4n) is 3.30. The molecule has 6 heteroatoms. The Morgan fingerprint density at radius 3 is 2.17 bits per heavy atom. The molecular weight excluding hydrogens is 389 g/mol. The number of alkyl halides is 3. The Hall–Kier alpha value is -3.28. The predicted molar refractivity (Wildman–Crippen MR) is 113 cm³/mol. The molecule has 0 bridgehead atoms. The Labute approximate surface area is 173 Å². The van der Waals surface area contributed by atoms with Crippen LogP contribution in [0.25, 0.3) is 0 Å². The van der Waals surface area contributed by atoms with E-state index in [-0.39, 0.29) is 24.1 Å². The van der Waals surface area contributed by atoms with Gasteiger partial charge in [-0.3, -0.25) is 4.79 Å². The lowest BCUT2D eigenvalue weighted by molar-refractivity contribution is -0.138. The minimum Gasteiger partial charge on any atom is -0.383 e. The number of carbonyl (C=O) groups is 1. The monoisotopic (exact) mass is 412 g/mol. The van der Waals surface area contributed by atoms with Gasteiger partial charge in [-0.15, -0.1) is 0 Å². The lowest BCUT2D eigenvalue weighted by atomic mass is 10.0. The molecule has 0 aliphatic heterocycles. The summed E-state index contributed by atoms with van der Waals surface area (Å²) >= 11 is 0. The number of rotatable bonds is 7. The summed E-state index contributed by atoms with van der Waals surface area (Å²) in [6.45, 7) is 1.73. The fraction of sp³-hybridized carbons (Fsp3) is 0.208. The van der Waals surface area contributed by atoms with Gasteiger partial charge in [-0.2, -0.15) is 13.2 Å². The lowest BCUT2D eigenvalue weighted by Gasteiger charge is -2.22. The van der Waals surface area contributed by atoms with E-state index in [0.717, 1.165) is 11.6 Å². The zero-order valence-electron chi connectivity index (χ0n) is 16.5. The molecule has 3 rings (SSSR count). The minimum absolute atomic E-state index is 0.137. The summed E-state index contributed by atoms with van der Waals surface area (Å²) in [6.07, 6.45) is -3.86. The standard InChI is InChI=1S/C24H23F3N2O/c1-17-21(24(25,26)27)13-8-14-22(17)28-16-20(15-18-9-4-2-5-10-18)29-23(30)19-11-6-3-7-12-19/h2-14,20,28H,15-16H2,1H3,(H,29,30). The second-order valence-electron chi connectivity index (χ2n) is 7.08. The molecule has 156 valence electrons. The van der Waals surface area contributed by atoms with Crippen LogP contribution in [0.4, 0.5) is 18.9 Å². The molecular formula is C24H23F3N2O. The van der Waals surface area contributed by atoms with Crippen molar-refractivity contribution in [2.75, 3.05) is 11.9 Å². The summed E-state index contributed by atoms with van der Waals surface area (Å²) in [5, 5.41) is 6.08. The first-order valence-electron chi connectivity index (χ1n) is 9.65. The number of hydrogen-bond acceptors (Lipinski definition) is 2. The van der Waals surface area contributed by atoms with Crippen LogP contribution >= 0.6 is 0 Å². The Morgan fingerprint density at radius 1 is 0.900 bits per heavy atom. The Kier molecular flexibility index (Phi) is 6.77. The quantitative estimate of drug-likeness (QED) is 0.541. The number of carbonyl (C=O) groups excluding carboxylic acids is 1. The number of hydrogen-bond donors (Lipinski definition) is 2. The van der Waals surface area contributed by atoms with E-state index >= 15 is 0 Å². The van der Waals surface area contributed by atoms with Gasteiger partial charge in [0.1, 0.15) is 0 Å². The van der Waals surface area contributed by atoms with Crippen LogP contribution in [-0.2, 0) is 12.6 Å². The third-order valence-electron chi connectivity index (χ3n) is 4.87. The van der Waals surface area contributed by atoms with Gasteiger partial charge in [0.05, 0.1) is 11.6 Å². The summed E-state index contributed by atoms with van der Waals surface area (Å²) < 4.78 is 39.6. The third-order valence-corrected chi connectivity index (χ3v) is 4.87. The van der Waals surface area contributed by atoms with Gasteiger partial charge in [-0.05, 0) is 48.7 Å². The van der Waals surface area contributed by atoms with Gasteiger partial charge < -0.3 is 10.6 Å². The molecule has 0 saturated carbocycles. The first-order chi connectivity index (χ1) is 14.3. The topological polar surface area (TPSA) is 41.1 Å². The van der Waals surface area contributed by atoms with Gasteiger partial charge in [-0.1, -0.05) is 54.6 Å². The zero-order valence-corrected chi connectivity index (χ0v) is 16.5. The van der Waals surface area contributed by atoms with E-state index < -0.39 is 11.7 Å². The van der Waals surface area contributed by atoms with Crippen molar-refractivity contribution in [2.45, 2.75) is 25.6 Å². The third kappa shape index (κ3) is 5.63. The van der Waals surface area contributed by atoms with Crippen LogP contribution in [-0.4, -0.2) is 18.5 Å². The molecule has 2 N–H and O–H groups in total. The molecule has 30 heavy (non-hydrogen) atoms. The Balaban J connectivity index is 1.76. The average molecular weight is 412 g/mol. The van der Waals surface area contributed by atoms with Crippen LogP contribution in [0.15, 0.2) is 78.9 Å². The van der Waals surface area contributed by atoms with Crippen LogP contribution in [0.5, 0.6) is 0 Å². The van der Waals surface area contributed by atoms with Crippen molar-refractivity contribution in [3.8, 4) is 0 Å². The van der Waals surface area contributed by atoms with Gasteiger partial charge >= 0.3 is 6.18 Å². The highest BCUT2D eigenvalue weighted by molar-refractivity contribution is 5.94. The maximum Gasteiger partial charge on any atom is 0.416 e. The molecule has 1 unspecified atom stereocenters. The number of halogens is 3. The first-order valence-corrected chi connectivity index (χ1v) is 9.65. The molecule has 1 amide bonds. The second kappa shape index (κ2) is 9.48. The van der Waals surface area contributed by atoms with E-state index in [1.54, 1.807) is 30.3 Å². The van der Waals surface area contributed by atoms with Crippen LogP contribution in [0, 0.1) is 6.92 Å². The molecule has 0 saturated heterocycles. The fourth-order valence-corrected chi connectivity index (χ4v) is 3.30. The van der Waals surface area contributed by atoms with E-state index in [9.17, 15) is 18.0 Å². The molecule has 3 nitrogen and oxygen atoms in total. The van der Waals surface area contributed by atoms with Crippen molar-refractivity contribution in [3.05, 3.63) is 101 Å². The highest BCUT2D eigenvalue weighted by Gasteiger charge is 2.32. The number of nitrogens with one attached hydrogen (secondary N) is 2. The van der Waals surface area contributed by atoms with Gasteiger partial charge in [0, 0.05) is 17.8 Å². The molecule has 3 aromatic carbocycles. The molecule has 0 aliphatic carbocycles. The predicted octanol–water partition coefficient (Wildman–Crippen LogP) is 5.47. The second-order valence-corrected chi connectivity index (χ2v) is 7.08. The van der Waals surface area contributed by atoms with Crippen molar-refractivity contribution >= 4 is 11.6 Å². The maximum absolute atomic E-state index is 13.2. The summed E-state index contributed by atoms with van der Waals surface area (Å²) in [5.41, 5.74) is 1.43. The van der Waals surface area contributed by atoms with Gasteiger partial charge in [0.25, 0.3) is 5.91 Å². The number of amides is 1. The maximum atomic E-state index is 13.2. The van der Waals surface area contributed by atoms with E-state index in [2.05, 4.69) is 10.6 Å². The summed E-state index contributed by atoms with van der Waals surface area (Å²) in [5.74, 6) is -0.223. The molecule has 0 radical (unpaired) electrons. The van der Waals surface area contributed by atoms with E-state index in [1.807, 2.05) is 36.4 Å². The van der Waals surface area contributed by atoms with E-state index in [4.69, 9.17) is 0 Å². The van der Waals surface area contributed by atoms with Crippen LogP contribution < -0.4 is 10.6 Å². The molecule has 1 atom stereocenters. The smallest absolute Gasteiger partial charge is 0.383 e. The largest absolute Gasteiger partial charge is 0.416 e. The van der Waals surface area contributed by atoms with E-state index in [1.165, 1.54) is 13.0 Å². The SMILES string of the molecule is Cc1c(NCC(Cc2ccccc2)NC(=O)c2ccccc2)cccc1C(F)(F)F. The zero-order chi connectivity index (χ0) is 21.6. The van der Waals surface area contributed by atoms with E-state index in [0.29, 0.717) is 17.7 Å². The highest BCUT2D eigenvalue weighted by atomic mass is 19.4. The van der Waals surface area contributed by atoms with Crippen LogP contribution in [0.1, 0.15) is 27.0 Å². The average Bonchev–Trinajstić information content (AvgIpc) is 2.73. The number of anilines is 1. The van der Waals surface area contributed by atoms with Crippen LogP contribution in [0.2, 0.25) is 0 Å². The van der Waals surface area contributed by atoms with Crippen molar-refractivity contribution in [3.63, 3.8) is 0 Å². The lowest BCUT2D eigenvalue weighted by Crippen LogP contribution is -2.41. The van der Waals surface area contributed by atoms with Gasteiger partial charge in [0.15, 0.2) is 0 Å². The summed E-state index contributed by atoms with van der Waals surface area (Å²) in [6, 6.07) is 22.2. The molecule has 0 fully saturated rings. The Bertz CT molecular complexity index is 973. The minimum atomic E-state index is -4.41. The van der Waals surface area contributed by atoms with Gasteiger partial charge in [-0.25, -0.2) is 0 Å². The molecule has 0 aromatic heterocycles. The van der Waals surface area contributed by atoms with Gasteiger partial charge in [0.2, 0.25) is 0 Å².